The van der Waals surface area contributed by atoms with Gasteiger partial charge in [-0.05, 0) is 18.6 Å². The lowest BCUT2D eigenvalue weighted by atomic mass is 10.3. The zero-order valence-corrected chi connectivity index (χ0v) is 12.5. The average molecular weight is 332 g/mol. The van der Waals surface area contributed by atoms with Crippen molar-refractivity contribution in [1.29, 1.82) is 0 Å². The molecular formula is C14H19F3N4O2. The summed E-state index contributed by atoms with van der Waals surface area (Å²) in [4.78, 5) is 17.2. The fourth-order valence-electron chi connectivity index (χ4n) is 2.17. The second-order valence-corrected chi connectivity index (χ2v) is 5.09. The maximum absolute atomic E-state index is 12.5. The summed E-state index contributed by atoms with van der Waals surface area (Å²) in [5.41, 5.74) is -1.04. The molecule has 1 aromatic rings. The van der Waals surface area contributed by atoms with Crippen molar-refractivity contribution in [2.24, 2.45) is 0 Å². The molecule has 2 rings (SSSR count). The molecule has 2 heterocycles. The van der Waals surface area contributed by atoms with Crippen molar-refractivity contribution in [3.8, 4) is 0 Å². The summed E-state index contributed by atoms with van der Waals surface area (Å²) in [6.07, 6.45) is -3.59. The molecule has 1 aromatic heterocycles. The second-order valence-electron chi connectivity index (χ2n) is 5.09. The highest BCUT2D eigenvalue weighted by molar-refractivity contribution is 5.88. The second kappa shape index (κ2) is 8.11. The average Bonchev–Trinajstić information content (AvgIpc) is 2.75. The van der Waals surface area contributed by atoms with Crippen LogP contribution in [-0.4, -0.2) is 55.3 Å². The standard InChI is InChI=1S/C14H19F3N4O2/c15-14(16,17)11-3-1-4-12(19-11)20-13(22)18-5-7-21-6-2-9-23-10-8-21/h1,3-4H,2,5-10H2,(H2,18,19,20,22). The summed E-state index contributed by atoms with van der Waals surface area (Å²) >= 11 is 0. The van der Waals surface area contributed by atoms with Crippen LogP contribution in [0.2, 0.25) is 0 Å². The molecule has 1 saturated heterocycles. The molecule has 0 atom stereocenters. The molecule has 1 aliphatic heterocycles. The quantitative estimate of drug-likeness (QED) is 0.884. The molecule has 1 aliphatic rings. The molecule has 0 saturated carbocycles. The molecule has 2 amide bonds. The molecule has 0 bridgehead atoms. The van der Waals surface area contributed by atoms with E-state index in [1.165, 1.54) is 12.1 Å². The number of hydrogen-bond acceptors (Lipinski definition) is 4. The Labute approximate surface area is 132 Å². The highest BCUT2D eigenvalue weighted by atomic mass is 19.4. The van der Waals surface area contributed by atoms with Gasteiger partial charge in [0.25, 0.3) is 0 Å². The van der Waals surface area contributed by atoms with E-state index >= 15 is 0 Å². The van der Waals surface area contributed by atoms with Crippen LogP contribution >= 0.6 is 0 Å². The SMILES string of the molecule is O=C(NCCN1CCCOCC1)Nc1cccc(C(F)(F)F)n1. The minimum Gasteiger partial charge on any atom is -0.380 e. The third-order valence-corrected chi connectivity index (χ3v) is 3.31. The zero-order chi connectivity index (χ0) is 16.7. The van der Waals surface area contributed by atoms with Gasteiger partial charge in [0.15, 0.2) is 0 Å². The van der Waals surface area contributed by atoms with Gasteiger partial charge >= 0.3 is 12.2 Å². The number of amides is 2. The molecule has 9 heteroatoms. The molecule has 2 N–H and O–H groups in total. The first-order valence-electron chi connectivity index (χ1n) is 7.34. The first-order chi connectivity index (χ1) is 10.9. The fourth-order valence-corrected chi connectivity index (χ4v) is 2.17. The minimum atomic E-state index is -4.54. The smallest absolute Gasteiger partial charge is 0.380 e. The normalized spacial score (nSPS) is 16.7. The van der Waals surface area contributed by atoms with Crippen LogP contribution in [0.3, 0.4) is 0 Å². The molecule has 128 valence electrons. The van der Waals surface area contributed by atoms with Crippen LogP contribution in [-0.2, 0) is 10.9 Å². The Bertz CT molecular complexity index is 517. The van der Waals surface area contributed by atoms with Crippen LogP contribution in [0.4, 0.5) is 23.8 Å². The maximum atomic E-state index is 12.5. The van der Waals surface area contributed by atoms with Gasteiger partial charge in [-0.1, -0.05) is 6.07 Å². The predicted octanol–water partition coefficient (Wildman–Crippen LogP) is 1.94. The third kappa shape index (κ3) is 6.03. The van der Waals surface area contributed by atoms with Crippen molar-refractivity contribution in [3.05, 3.63) is 23.9 Å². The van der Waals surface area contributed by atoms with E-state index in [4.69, 9.17) is 4.74 Å². The first-order valence-corrected chi connectivity index (χ1v) is 7.34. The van der Waals surface area contributed by atoms with Crippen molar-refractivity contribution in [2.45, 2.75) is 12.6 Å². The number of carbonyl (C=O) groups is 1. The number of rotatable bonds is 4. The van der Waals surface area contributed by atoms with E-state index in [0.29, 0.717) is 19.7 Å². The number of urea groups is 1. The van der Waals surface area contributed by atoms with Crippen LogP contribution in [0.15, 0.2) is 18.2 Å². The summed E-state index contributed by atoms with van der Waals surface area (Å²) in [5, 5.41) is 4.90. The van der Waals surface area contributed by atoms with Gasteiger partial charge in [-0.2, -0.15) is 13.2 Å². The van der Waals surface area contributed by atoms with Gasteiger partial charge in [0.2, 0.25) is 0 Å². The molecular weight excluding hydrogens is 313 g/mol. The van der Waals surface area contributed by atoms with Crippen molar-refractivity contribution < 1.29 is 22.7 Å². The van der Waals surface area contributed by atoms with E-state index in [2.05, 4.69) is 20.5 Å². The molecule has 23 heavy (non-hydrogen) atoms. The molecule has 0 spiro atoms. The van der Waals surface area contributed by atoms with E-state index in [1.807, 2.05) is 0 Å². The zero-order valence-electron chi connectivity index (χ0n) is 12.5. The molecule has 0 radical (unpaired) electrons. The van der Waals surface area contributed by atoms with Crippen LogP contribution < -0.4 is 10.6 Å². The number of aromatic nitrogens is 1. The Morgan fingerprint density at radius 1 is 1.30 bits per heavy atom. The van der Waals surface area contributed by atoms with Crippen molar-refractivity contribution in [2.75, 3.05) is 44.7 Å². The van der Waals surface area contributed by atoms with E-state index in [-0.39, 0.29) is 5.82 Å². The Morgan fingerprint density at radius 3 is 2.91 bits per heavy atom. The van der Waals surface area contributed by atoms with Crippen LogP contribution in [0.1, 0.15) is 12.1 Å². The molecule has 0 unspecified atom stereocenters. The number of pyridine rings is 1. The minimum absolute atomic E-state index is 0.138. The number of halogens is 3. The van der Waals surface area contributed by atoms with Crippen molar-refractivity contribution >= 4 is 11.8 Å². The number of nitrogens with one attached hydrogen (secondary N) is 2. The summed E-state index contributed by atoms with van der Waals surface area (Å²) in [6.45, 7) is 4.17. The van der Waals surface area contributed by atoms with Gasteiger partial charge in [-0.25, -0.2) is 9.78 Å². The molecule has 1 fully saturated rings. The van der Waals surface area contributed by atoms with E-state index < -0.39 is 17.9 Å². The lowest BCUT2D eigenvalue weighted by Crippen LogP contribution is -2.38. The van der Waals surface area contributed by atoms with Crippen LogP contribution in [0, 0.1) is 0 Å². The van der Waals surface area contributed by atoms with Gasteiger partial charge in [0, 0.05) is 32.8 Å². The van der Waals surface area contributed by atoms with Gasteiger partial charge in [0.05, 0.1) is 6.61 Å². The lowest BCUT2D eigenvalue weighted by molar-refractivity contribution is -0.141. The fraction of sp³-hybridized carbons (Fsp3) is 0.571. The largest absolute Gasteiger partial charge is 0.433 e. The monoisotopic (exact) mass is 332 g/mol. The van der Waals surface area contributed by atoms with Gasteiger partial charge < -0.3 is 10.1 Å². The van der Waals surface area contributed by atoms with Gasteiger partial charge in [0.1, 0.15) is 11.5 Å². The number of nitrogens with zero attached hydrogens (tertiary/aromatic N) is 2. The van der Waals surface area contributed by atoms with E-state index in [9.17, 15) is 18.0 Å². The van der Waals surface area contributed by atoms with Crippen LogP contribution in [0.5, 0.6) is 0 Å². The number of alkyl halides is 3. The lowest BCUT2D eigenvalue weighted by Gasteiger charge is -2.19. The van der Waals surface area contributed by atoms with Crippen molar-refractivity contribution in [1.82, 2.24) is 15.2 Å². The summed E-state index contributed by atoms with van der Waals surface area (Å²) in [5.74, 6) is -0.138. The number of anilines is 1. The predicted molar refractivity (Wildman–Crippen MR) is 78.1 cm³/mol. The third-order valence-electron chi connectivity index (χ3n) is 3.31. The van der Waals surface area contributed by atoms with E-state index in [0.717, 1.165) is 32.2 Å². The maximum Gasteiger partial charge on any atom is 0.433 e. The van der Waals surface area contributed by atoms with Gasteiger partial charge in [-0.15, -0.1) is 0 Å². The summed E-state index contributed by atoms with van der Waals surface area (Å²) in [6, 6.07) is 2.77. The molecule has 6 nitrogen and oxygen atoms in total. The Morgan fingerprint density at radius 2 is 2.13 bits per heavy atom. The van der Waals surface area contributed by atoms with Gasteiger partial charge in [-0.3, -0.25) is 10.2 Å². The van der Waals surface area contributed by atoms with Crippen molar-refractivity contribution in [3.63, 3.8) is 0 Å². The molecule has 0 aliphatic carbocycles. The topological polar surface area (TPSA) is 66.5 Å². The number of ether oxygens (including phenoxy) is 1. The van der Waals surface area contributed by atoms with E-state index in [1.54, 1.807) is 0 Å². The van der Waals surface area contributed by atoms with Crippen LogP contribution in [0.25, 0.3) is 0 Å². The first kappa shape index (κ1) is 17.5. The summed E-state index contributed by atoms with van der Waals surface area (Å²) in [7, 11) is 0. The summed E-state index contributed by atoms with van der Waals surface area (Å²) < 4.78 is 42.9. The number of hydrogen-bond donors (Lipinski definition) is 2. The highest BCUT2D eigenvalue weighted by Gasteiger charge is 2.32. The highest BCUT2D eigenvalue weighted by Crippen LogP contribution is 2.28. The Balaban J connectivity index is 1.76. The molecule has 0 aromatic carbocycles. The number of carbonyl (C=O) groups excluding carboxylic acids is 1. The Hall–Kier alpha value is -1.87. The Kier molecular flexibility index (Phi) is 6.17.